The molecule has 0 amide bonds. The summed E-state index contributed by atoms with van der Waals surface area (Å²) < 4.78 is 0. The third-order valence-electron chi connectivity index (χ3n) is 0. The van der Waals surface area contributed by atoms with Crippen LogP contribution < -0.4 is 0 Å². The van der Waals surface area contributed by atoms with Gasteiger partial charge in [-0.3, -0.25) is 0 Å². The van der Waals surface area contributed by atoms with Crippen LogP contribution in [0.2, 0.25) is 0 Å². The molecule has 0 atom stereocenters. The van der Waals surface area contributed by atoms with E-state index in [1.807, 2.05) is 0 Å². The lowest BCUT2D eigenvalue weighted by Gasteiger charge is -2.04. The molecular formula is C8H26O. The fourth-order valence-electron chi connectivity index (χ4n) is 0. The number of hydrogen-bond acceptors (Lipinski definition) is 1. The summed E-state index contributed by atoms with van der Waals surface area (Å²) in [5.41, 5.74) is -0.500. The molecule has 0 aliphatic heterocycles. The van der Waals surface area contributed by atoms with E-state index >= 15 is 0 Å². The summed E-state index contributed by atoms with van der Waals surface area (Å²) in [4.78, 5) is 0. The lowest BCUT2D eigenvalue weighted by Crippen LogP contribution is -2.10. The summed E-state index contributed by atoms with van der Waals surface area (Å²) in [6.45, 7) is 5.23. The molecule has 0 spiro atoms. The highest BCUT2D eigenvalue weighted by atomic mass is 16.3. The van der Waals surface area contributed by atoms with Crippen molar-refractivity contribution < 1.29 is 5.11 Å². The zero-order chi connectivity index (χ0) is 4.50. The van der Waals surface area contributed by atoms with Crippen molar-refractivity contribution in [3.8, 4) is 0 Å². The number of hydrogen-bond donors (Lipinski definition) is 1. The van der Waals surface area contributed by atoms with Crippen molar-refractivity contribution in [2.75, 3.05) is 0 Å². The average Bonchev–Trinajstić information content (AvgIpc) is 0.722. The normalized spacial score (nSPS) is 6.67. The number of rotatable bonds is 0. The average molecular weight is 138 g/mol. The van der Waals surface area contributed by atoms with Gasteiger partial charge in [-0.1, -0.05) is 29.7 Å². The molecule has 0 saturated carbocycles. The molecule has 0 unspecified atom stereocenters. The lowest BCUT2D eigenvalue weighted by molar-refractivity contribution is 0.102. The van der Waals surface area contributed by atoms with Crippen LogP contribution >= 0.6 is 0 Å². The van der Waals surface area contributed by atoms with Gasteiger partial charge in [0.15, 0.2) is 0 Å². The quantitative estimate of drug-likeness (QED) is 0.544. The maximum atomic E-state index is 8.52. The maximum Gasteiger partial charge on any atom is 0.0563 e. The van der Waals surface area contributed by atoms with Crippen molar-refractivity contribution >= 4 is 0 Å². The highest BCUT2D eigenvalue weighted by Crippen LogP contribution is 1.93. The predicted octanol–water partition coefficient (Wildman–Crippen LogP) is 3.32. The molecule has 0 heterocycles. The smallest absolute Gasteiger partial charge is 0.0563 e. The molecule has 0 fully saturated rings. The van der Waals surface area contributed by atoms with Crippen molar-refractivity contribution in [2.45, 2.75) is 56.1 Å². The predicted molar refractivity (Wildman–Crippen MR) is 48.9 cm³/mol. The van der Waals surface area contributed by atoms with Gasteiger partial charge in [0.1, 0.15) is 0 Å². The molecule has 0 aromatic heterocycles. The zero-order valence-corrected chi connectivity index (χ0v) is 3.95. The Balaban J connectivity index is -0.0000000133. The molecule has 0 bridgehead atoms. The van der Waals surface area contributed by atoms with Crippen LogP contribution in [0.15, 0.2) is 0 Å². The van der Waals surface area contributed by atoms with Gasteiger partial charge in [-0.05, 0) is 20.8 Å². The van der Waals surface area contributed by atoms with Crippen LogP contribution in [0.3, 0.4) is 0 Å². The Kier molecular flexibility index (Phi) is 43.7. The van der Waals surface area contributed by atoms with Crippen LogP contribution in [-0.2, 0) is 0 Å². The van der Waals surface area contributed by atoms with Gasteiger partial charge in [-0.2, -0.15) is 0 Å². The van der Waals surface area contributed by atoms with Crippen LogP contribution in [0.4, 0.5) is 0 Å². The monoisotopic (exact) mass is 138 g/mol. The van der Waals surface area contributed by atoms with E-state index in [-0.39, 0.29) is 29.7 Å². The summed E-state index contributed by atoms with van der Waals surface area (Å²) in [5.74, 6) is 0. The molecule has 0 radical (unpaired) electrons. The Bertz CT molecular complexity index is 20.0. The number of aliphatic hydroxyl groups is 1. The van der Waals surface area contributed by atoms with Crippen LogP contribution in [0.25, 0.3) is 0 Å². The minimum Gasteiger partial charge on any atom is -0.391 e. The molecule has 0 aromatic rings. The maximum absolute atomic E-state index is 8.52. The van der Waals surface area contributed by atoms with E-state index in [1.165, 1.54) is 0 Å². The summed E-state index contributed by atoms with van der Waals surface area (Å²) >= 11 is 0. The van der Waals surface area contributed by atoms with Crippen molar-refractivity contribution in [1.82, 2.24) is 0 Å². The Hall–Kier alpha value is -0.0400. The minimum atomic E-state index is -0.500. The molecular weight excluding hydrogens is 112 g/mol. The van der Waals surface area contributed by atoms with E-state index < -0.39 is 5.60 Å². The van der Waals surface area contributed by atoms with Crippen LogP contribution in [0.5, 0.6) is 0 Å². The Labute approximate surface area is 62.1 Å². The van der Waals surface area contributed by atoms with E-state index in [0.29, 0.717) is 0 Å². The second-order valence-electron chi connectivity index (χ2n) is 2.17. The van der Waals surface area contributed by atoms with Gasteiger partial charge in [0.2, 0.25) is 0 Å². The molecule has 0 aromatic carbocycles. The van der Waals surface area contributed by atoms with Gasteiger partial charge in [0, 0.05) is 0 Å². The molecule has 64 valence electrons. The Morgan fingerprint density at radius 2 is 0.778 bits per heavy atom. The van der Waals surface area contributed by atoms with Crippen molar-refractivity contribution in [3.05, 3.63) is 0 Å². The summed E-state index contributed by atoms with van der Waals surface area (Å²) in [6, 6.07) is 0. The first-order chi connectivity index (χ1) is 2.00. The first-order valence-corrected chi connectivity index (χ1v) is 1.72. The molecule has 1 N–H and O–H groups in total. The largest absolute Gasteiger partial charge is 0.391 e. The lowest BCUT2D eigenvalue weighted by atomic mass is 10.2. The van der Waals surface area contributed by atoms with Crippen molar-refractivity contribution in [2.24, 2.45) is 0 Å². The summed E-state index contributed by atoms with van der Waals surface area (Å²) in [5, 5.41) is 8.52. The SMILES string of the molecule is C.C.C.C.CC(C)(C)O. The van der Waals surface area contributed by atoms with Gasteiger partial charge < -0.3 is 5.11 Å². The summed E-state index contributed by atoms with van der Waals surface area (Å²) in [6.07, 6.45) is 0. The van der Waals surface area contributed by atoms with E-state index in [0.717, 1.165) is 0 Å². The third-order valence-corrected chi connectivity index (χ3v) is 0. The van der Waals surface area contributed by atoms with Gasteiger partial charge in [0.25, 0.3) is 0 Å². The molecule has 9 heavy (non-hydrogen) atoms. The zero-order valence-electron chi connectivity index (χ0n) is 3.95. The van der Waals surface area contributed by atoms with E-state index in [4.69, 9.17) is 5.11 Å². The molecule has 1 nitrogen and oxygen atoms in total. The Morgan fingerprint density at radius 1 is 0.778 bits per heavy atom. The van der Waals surface area contributed by atoms with Gasteiger partial charge in [0.05, 0.1) is 5.60 Å². The van der Waals surface area contributed by atoms with Gasteiger partial charge in [-0.25, -0.2) is 0 Å². The highest BCUT2D eigenvalue weighted by molar-refractivity contribution is 4.50. The first-order valence-electron chi connectivity index (χ1n) is 1.72. The third kappa shape index (κ3) is 177000. The second-order valence-corrected chi connectivity index (χ2v) is 2.17. The molecule has 0 saturated heterocycles. The van der Waals surface area contributed by atoms with Gasteiger partial charge in [-0.15, -0.1) is 0 Å². The van der Waals surface area contributed by atoms with Crippen molar-refractivity contribution in [1.29, 1.82) is 0 Å². The van der Waals surface area contributed by atoms with Gasteiger partial charge >= 0.3 is 0 Å². The van der Waals surface area contributed by atoms with E-state index in [2.05, 4.69) is 0 Å². The van der Waals surface area contributed by atoms with Crippen LogP contribution in [0.1, 0.15) is 50.5 Å². The second kappa shape index (κ2) is 10.9. The Morgan fingerprint density at radius 3 is 0.778 bits per heavy atom. The fourth-order valence-corrected chi connectivity index (χ4v) is 0. The standard InChI is InChI=1S/C4H10O.4CH4/c1-4(2,3)5;;;;/h5H,1-3H3;4*1H4. The molecule has 0 aliphatic rings. The molecule has 1 heteroatoms. The van der Waals surface area contributed by atoms with E-state index in [1.54, 1.807) is 20.8 Å². The highest BCUT2D eigenvalue weighted by Gasteiger charge is 1.97. The summed E-state index contributed by atoms with van der Waals surface area (Å²) in [7, 11) is 0. The topological polar surface area (TPSA) is 20.2 Å². The van der Waals surface area contributed by atoms with Crippen molar-refractivity contribution in [3.63, 3.8) is 0 Å². The first kappa shape index (κ1) is 36.2. The molecule has 0 rings (SSSR count). The fraction of sp³-hybridized carbons (Fsp3) is 1.00. The molecule has 0 aliphatic carbocycles. The van der Waals surface area contributed by atoms with Crippen LogP contribution in [-0.4, -0.2) is 10.7 Å². The van der Waals surface area contributed by atoms with E-state index in [9.17, 15) is 0 Å². The van der Waals surface area contributed by atoms with Crippen LogP contribution in [0, 0.1) is 0 Å². The minimum absolute atomic E-state index is 0.